The monoisotopic (exact) mass is 470 g/mol. The lowest BCUT2D eigenvalue weighted by atomic mass is 9.90. The summed E-state index contributed by atoms with van der Waals surface area (Å²) in [5.74, 6) is 0.625. The highest BCUT2D eigenvalue weighted by molar-refractivity contribution is 5.92. The molecule has 3 aromatic rings. The van der Waals surface area contributed by atoms with Crippen molar-refractivity contribution in [2.24, 2.45) is 0 Å². The van der Waals surface area contributed by atoms with Gasteiger partial charge in [0, 0.05) is 43.5 Å². The molecule has 0 spiro atoms. The van der Waals surface area contributed by atoms with Crippen LogP contribution in [0.15, 0.2) is 30.7 Å². The van der Waals surface area contributed by atoms with Gasteiger partial charge in [0.05, 0.1) is 29.8 Å². The molecule has 5 rings (SSSR count). The van der Waals surface area contributed by atoms with Crippen LogP contribution in [0.5, 0.6) is 0 Å². The van der Waals surface area contributed by atoms with Gasteiger partial charge in [0.1, 0.15) is 23.4 Å². The van der Waals surface area contributed by atoms with Crippen molar-refractivity contribution >= 4 is 34.3 Å². The van der Waals surface area contributed by atoms with Gasteiger partial charge in [-0.15, -0.1) is 0 Å². The van der Waals surface area contributed by atoms with Crippen LogP contribution in [0.25, 0.3) is 28.2 Å². The third kappa shape index (κ3) is 4.05. The number of aromatic nitrogens is 3. The third-order valence-corrected chi connectivity index (χ3v) is 6.81. The summed E-state index contributed by atoms with van der Waals surface area (Å²) in [6, 6.07) is 5.79. The number of nitrogens with two attached hydrogens (primary N) is 1. The Labute approximate surface area is 203 Å². The number of rotatable bonds is 4. The van der Waals surface area contributed by atoms with Gasteiger partial charge in [0.2, 0.25) is 0 Å². The molecule has 0 amide bonds. The number of nitrogens with zero attached hydrogens (tertiary/aromatic N) is 6. The van der Waals surface area contributed by atoms with E-state index in [1.807, 2.05) is 28.9 Å². The molecule has 35 heavy (non-hydrogen) atoms. The van der Waals surface area contributed by atoms with Crippen LogP contribution in [0.3, 0.4) is 0 Å². The van der Waals surface area contributed by atoms with E-state index in [-0.39, 0.29) is 17.3 Å². The molecule has 2 aromatic heterocycles. The molecule has 9 heteroatoms. The van der Waals surface area contributed by atoms with Crippen molar-refractivity contribution in [3.63, 3.8) is 0 Å². The molecular formula is C26H27FN8. The molecular weight excluding hydrogens is 443 g/mol. The highest BCUT2D eigenvalue weighted by Crippen LogP contribution is 2.36. The molecule has 0 bridgehead atoms. The number of nitrogens with one attached hydrogen (secondary N) is 1. The van der Waals surface area contributed by atoms with Crippen LogP contribution in [0, 0.1) is 22.6 Å². The average molecular weight is 471 g/mol. The van der Waals surface area contributed by atoms with Crippen molar-refractivity contribution < 1.29 is 4.39 Å². The summed E-state index contributed by atoms with van der Waals surface area (Å²) in [5.41, 5.74) is 9.87. The smallest absolute Gasteiger partial charge is 0.175 e. The topological polar surface area (TPSA) is 119 Å². The van der Waals surface area contributed by atoms with Crippen LogP contribution in [0.2, 0.25) is 0 Å². The van der Waals surface area contributed by atoms with Crippen molar-refractivity contribution in [3.05, 3.63) is 47.7 Å². The Morgan fingerprint density at radius 2 is 2.14 bits per heavy atom. The Hall–Kier alpha value is -4.06. The molecule has 3 heterocycles. The van der Waals surface area contributed by atoms with Crippen molar-refractivity contribution in [3.8, 4) is 17.3 Å². The van der Waals surface area contributed by atoms with Gasteiger partial charge < -0.3 is 15.5 Å². The van der Waals surface area contributed by atoms with Crippen LogP contribution in [0.4, 0.5) is 15.9 Å². The lowest BCUT2D eigenvalue weighted by Gasteiger charge is -2.42. The molecule has 2 aliphatic rings. The van der Waals surface area contributed by atoms with Gasteiger partial charge in [-0.25, -0.2) is 14.4 Å². The zero-order chi connectivity index (χ0) is 24.5. The zero-order valence-corrected chi connectivity index (χ0v) is 19.6. The Kier molecular flexibility index (Phi) is 6.03. The number of nitrogen functional groups attached to an aromatic ring is 1. The first-order valence-electron chi connectivity index (χ1n) is 11.9. The Morgan fingerprint density at radius 3 is 2.94 bits per heavy atom. The molecule has 0 unspecified atom stereocenters. The highest BCUT2D eigenvalue weighted by atomic mass is 19.1. The van der Waals surface area contributed by atoms with E-state index in [4.69, 9.17) is 11.1 Å². The lowest BCUT2D eigenvalue weighted by Crippen LogP contribution is -2.55. The Balaban J connectivity index is 1.55. The van der Waals surface area contributed by atoms with E-state index < -0.39 is 5.82 Å². The summed E-state index contributed by atoms with van der Waals surface area (Å²) in [4.78, 5) is 17.3. The number of pyridine rings is 1. The molecule has 1 aliphatic carbocycles. The summed E-state index contributed by atoms with van der Waals surface area (Å²) in [7, 11) is 0. The fourth-order valence-corrected chi connectivity index (χ4v) is 5.10. The summed E-state index contributed by atoms with van der Waals surface area (Å²) in [6.45, 7) is 3.66. The molecule has 1 aromatic carbocycles. The number of amidine groups is 1. The Morgan fingerprint density at radius 1 is 1.29 bits per heavy atom. The molecule has 1 aliphatic heterocycles. The van der Waals surface area contributed by atoms with Crippen LogP contribution in [-0.4, -0.2) is 51.4 Å². The third-order valence-electron chi connectivity index (χ3n) is 6.81. The SMILES string of the molecule is CCC(=N)N1CCN(c2ncnc3c(F)c(-c4cc(N)cc5c4CCC=C5)ncc23)C[C@@H]1CC#N. The predicted octanol–water partition coefficient (Wildman–Crippen LogP) is 4.16. The largest absolute Gasteiger partial charge is 0.399 e. The molecule has 8 nitrogen and oxygen atoms in total. The quantitative estimate of drug-likeness (QED) is 0.334. The molecule has 3 N–H and O–H groups in total. The second kappa shape index (κ2) is 9.29. The summed E-state index contributed by atoms with van der Waals surface area (Å²) in [6.07, 6.45) is 9.72. The minimum Gasteiger partial charge on any atom is -0.399 e. The summed E-state index contributed by atoms with van der Waals surface area (Å²) >= 11 is 0. The standard InChI is InChI=1S/C26H27FN8/c1-2-22(30)35-10-9-34(14-18(35)7-8-28)26-21-13-31-24(23(27)25(21)32-15-33-26)20-12-17(29)11-16-5-3-4-6-19(16)20/h3,5,11-13,15,18,30H,2,4,6-7,9-10,14,29H2,1H3/t18-/m0/s1. The first-order chi connectivity index (χ1) is 17.0. The Bertz CT molecular complexity index is 1380. The lowest BCUT2D eigenvalue weighted by molar-refractivity contribution is 0.277. The number of hydrogen-bond donors (Lipinski definition) is 2. The number of benzene rings is 1. The van der Waals surface area contributed by atoms with Gasteiger partial charge in [-0.1, -0.05) is 19.1 Å². The second-order valence-corrected chi connectivity index (χ2v) is 8.91. The molecule has 178 valence electrons. The van der Waals surface area contributed by atoms with E-state index in [9.17, 15) is 5.26 Å². The van der Waals surface area contributed by atoms with E-state index in [0.717, 1.165) is 24.0 Å². The van der Waals surface area contributed by atoms with Crippen LogP contribution in [-0.2, 0) is 6.42 Å². The number of nitriles is 1. The molecule has 1 fully saturated rings. The second-order valence-electron chi connectivity index (χ2n) is 8.91. The van der Waals surface area contributed by atoms with Crippen molar-refractivity contribution in [2.45, 2.75) is 38.6 Å². The van der Waals surface area contributed by atoms with E-state index in [2.05, 4.69) is 27.1 Å². The van der Waals surface area contributed by atoms with Crippen LogP contribution < -0.4 is 10.6 Å². The number of fused-ring (bicyclic) bond motifs is 2. The maximum absolute atomic E-state index is 15.9. The zero-order valence-electron chi connectivity index (χ0n) is 19.6. The minimum absolute atomic E-state index is 0.129. The first-order valence-corrected chi connectivity index (χ1v) is 11.9. The number of piperazine rings is 1. The average Bonchev–Trinajstić information content (AvgIpc) is 2.88. The van der Waals surface area contributed by atoms with Crippen molar-refractivity contribution in [1.82, 2.24) is 19.9 Å². The van der Waals surface area contributed by atoms with Gasteiger partial charge in [0.25, 0.3) is 0 Å². The van der Waals surface area contributed by atoms with Crippen LogP contribution >= 0.6 is 0 Å². The number of anilines is 2. The van der Waals surface area contributed by atoms with Gasteiger partial charge in [0.15, 0.2) is 5.82 Å². The predicted molar refractivity (Wildman–Crippen MR) is 135 cm³/mol. The maximum atomic E-state index is 15.9. The number of halogens is 1. The first kappa shape index (κ1) is 22.7. The highest BCUT2D eigenvalue weighted by Gasteiger charge is 2.30. The van der Waals surface area contributed by atoms with Gasteiger partial charge >= 0.3 is 0 Å². The van der Waals surface area contributed by atoms with E-state index in [0.29, 0.717) is 60.8 Å². The molecule has 0 saturated carbocycles. The van der Waals surface area contributed by atoms with Gasteiger partial charge in [-0.3, -0.25) is 10.4 Å². The molecule has 1 saturated heterocycles. The fraction of sp³-hybridized carbons (Fsp3) is 0.346. The van der Waals surface area contributed by atoms with Crippen molar-refractivity contribution in [1.29, 1.82) is 10.7 Å². The summed E-state index contributed by atoms with van der Waals surface area (Å²) in [5, 5.41) is 18.1. The molecule has 0 radical (unpaired) electrons. The van der Waals surface area contributed by atoms with E-state index in [1.165, 1.54) is 6.33 Å². The van der Waals surface area contributed by atoms with E-state index >= 15 is 4.39 Å². The minimum atomic E-state index is -0.492. The van der Waals surface area contributed by atoms with Gasteiger partial charge in [-0.05, 0) is 36.1 Å². The van der Waals surface area contributed by atoms with E-state index in [1.54, 1.807) is 12.3 Å². The maximum Gasteiger partial charge on any atom is 0.175 e. The van der Waals surface area contributed by atoms with Gasteiger partial charge in [-0.2, -0.15) is 5.26 Å². The summed E-state index contributed by atoms with van der Waals surface area (Å²) < 4.78 is 15.9. The number of hydrogen-bond acceptors (Lipinski definition) is 7. The number of allylic oxidation sites excluding steroid dienone is 1. The fourth-order valence-electron chi connectivity index (χ4n) is 5.10. The van der Waals surface area contributed by atoms with Crippen LogP contribution in [0.1, 0.15) is 37.3 Å². The normalized spacial score (nSPS) is 17.3. The molecule has 1 atom stereocenters. The van der Waals surface area contributed by atoms with Crippen molar-refractivity contribution in [2.75, 3.05) is 30.3 Å².